The van der Waals surface area contributed by atoms with E-state index in [2.05, 4.69) is 23.7 Å². The number of aliphatic imine (C=N–C) groups is 1. The summed E-state index contributed by atoms with van der Waals surface area (Å²) >= 11 is 0. The summed E-state index contributed by atoms with van der Waals surface area (Å²) in [6.07, 6.45) is 7.27. The van der Waals surface area contributed by atoms with Gasteiger partial charge in [-0.2, -0.15) is 0 Å². The summed E-state index contributed by atoms with van der Waals surface area (Å²) in [6.45, 7) is 3.27. The molecule has 2 saturated heterocycles. The first kappa shape index (κ1) is 12.0. The second-order valence-electron chi connectivity index (χ2n) is 4.66. The average molecular weight is 235 g/mol. The highest BCUT2D eigenvalue weighted by Gasteiger charge is 2.37. The maximum Gasteiger partial charge on any atom is 0.287 e. The SMILES string of the molecule is C=N/C=C(\C=C1/CCC2CCC1N2C)[N+](=O)[O-]. The van der Waals surface area contributed by atoms with E-state index >= 15 is 0 Å². The second kappa shape index (κ2) is 4.79. The average Bonchev–Trinajstić information content (AvgIpc) is 2.53. The molecule has 0 aromatic rings. The quantitative estimate of drug-likeness (QED) is 0.427. The molecule has 2 unspecified atom stereocenters. The molecule has 2 heterocycles. The largest absolute Gasteiger partial charge is 0.297 e. The minimum atomic E-state index is -0.400. The van der Waals surface area contributed by atoms with Crippen LogP contribution >= 0.6 is 0 Å². The molecule has 2 rings (SSSR count). The minimum Gasteiger partial charge on any atom is -0.297 e. The van der Waals surface area contributed by atoms with Crippen molar-refractivity contribution in [3.8, 4) is 0 Å². The van der Waals surface area contributed by atoms with Crippen molar-refractivity contribution in [2.24, 2.45) is 4.99 Å². The van der Waals surface area contributed by atoms with Gasteiger partial charge in [-0.3, -0.25) is 20.0 Å². The summed E-state index contributed by atoms with van der Waals surface area (Å²) in [4.78, 5) is 16.3. The Bertz CT molecular complexity index is 401. The predicted octanol–water partition coefficient (Wildman–Crippen LogP) is 1.99. The highest BCUT2D eigenvalue weighted by Crippen LogP contribution is 2.37. The fourth-order valence-electron chi connectivity index (χ4n) is 2.90. The smallest absolute Gasteiger partial charge is 0.287 e. The van der Waals surface area contributed by atoms with Gasteiger partial charge in [-0.05, 0) is 45.0 Å². The minimum absolute atomic E-state index is 0.0359. The van der Waals surface area contributed by atoms with Crippen molar-refractivity contribution in [2.45, 2.75) is 37.8 Å². The lowest BCUT2D eigenvalue weighted by atomic mass is 9.96. The van der Waals surface area contributed by atoms with Crippen LogP contribution in [0.25, 0.3) is 0 Å². The monoisotopic (exact) mass is 235 g/mol. The van der Waals surface area contributed by atoms with E-state index in [1.54, 1.807) is 6.08 Å². The molecule has 2 aliphatic rings. The summed E-state index contributed by atoms with van der Waals surface area (Å²) in [5.74, 6) is 0. The summed E-state index contributed by atoms with van der Waals surface area (Å²) in [5, 5.41) is 10.8. The summed E-state index contributed by atoms with van der Waals surface area (Å²) in [5.41, 5.74) is 1.20. The van der Waals surface area contributed by atoms with E-state index < -0.39 is 4.92 Å². The molecule has 0 saturated carbocycles. The normalized spacial score (nSPS) is 31.8. The molecule has 0 N–H and O–H groups in total. The highest BCUT2D eigenvalue weighted by atomic mass is 16.6. The molecule has 2 atom stereocenters. The molecule has 0 aromatic heterocycles. The lowest BCUT2D eigenvalue weighted by Crippen LogP contribution is -2.37. The maximum absolute atomic E-state index is 10.8. The molecular weight excluding hydrogens is 218 g/mol. The fraction of sp³-hybridized carbons (Fsp3) is 0.583. The Morgan fingerprint density at radius 1 is 1.59 bits per heavy atom. The Hall–Kier alpha value is -1.49. The second-order valence-corrected chi connectivity index (χ2v) is 4.66. The van der Waals surface area contributed by atoms with E-state index in [1.165, 1.54) is 12.6 Å². The van der Waals surface area contributed by atoms with Crippen LogP contribution in [0.4, 0.5) is 0 Å². The van der Waals surface area contributed by atoms with Crippen LogP contribution in [0.1, 0.15) is 25.7 Å². The van der Waals surface area contributed by atoms with Gasteiger partial charge in [0.25, 0.3) is 5.70 Å². The van der Waals surface area contributed by atoms with Gasteiger partial charge in [-0.25, -0.2) is 0 Å². The standard InChI is InChI=1S/C12H17N3O2/c1-13-8-11(15(16)17)7-9-3-4-10-5-6-12(9)14(10)2/h7-8,10,12H,1,3-6H2,2H3/b9-7+,11-8+. The number of nitrogens with zero attached hydrogens (tertiary/aromatic N) is 3. The zero-order chi connectivity index (χ0) is 12.4. The van der Waals surface area contributed by atoms with Crippen molar-refractivity contribution in [1.29, 1.82) is 0 Å². The van der Waals surface area contributed by atoms with Crippen molar-refractivity contribution in [1.82, 2.24) is 4.90 Å². The van der Waals surface area contributed by atoms with Crippen molar-refractivity contribution < 1.29 is 4.92 Å². The van der Waals surface area contributed by atoms with E-state index in [9.17, 15) is 10.1 Å². The fourth-order valence-corrected chi connectivity index (χ4v) is 2.90. The van der Waals surface area contributed by atoms with Crippen molar-refractivity contribution in [2.75, 3.05) is 7.05 Å². The van der Waals surface area contributed by atoms with Gasteiger partial charge in [-0.15, -0.1) is 0 Å². The molecule has 92 valence electrons. The third kappa shape index (κ3) is 2.29. The van der Waals surface area contributed by atoms with E-state index in [0.717, 1.165) is 24.8 Å². The molecular formula is C12H17N3O2. The van der Waals surface area contributed by atoms with Crippen molar-refractivity contribution in [3.05, 3.63) is 33.7 Å². The number of hydrogen-bond acceptors (Lipinski definition) is 4. The molecule has 5 heteroatoms. The third-order valence-corrected chi connectivity index (χ3v) is 3.80. The molecule has 2 aliphatic heterocycles. The van der Waals surface area contributed by atoms with Gasteiger partial charge in [0.2, 0.25) is 0 Å². The number of allylic oxidation sites excluding steroid dienone is 1. The molecule has 2 fully saturated rings. The lowest BCUT2D eigenvalue weighted by molar-refractivity contribution is -0.419. The van der Waals surface area contributed by atoms with Gasteiger partial charge in [0.15, 0.2) is 0 Å². The van der Waals surface area contributed by atoms with Crippen LogP contribution in [-0.4, -0.2) is 35.7 Å². The van der Waals surface area contributed by atoms with Crippen LogP contribution in [0.15, 0.2) is 28.5 Å². The zero-order valence-electron chi connectivity index (χ0n) is 10.0. The Balaban J connectivity index is 2.24. The van der Waals surface area contributed by atoms with Crippen LogP contribution < -0.4 is 0 Å². The third-order valence-electron chi connectivity index (χ3n) is 3.80. The van der Waals surface area contributed by atoms with Crippen molar-refractivity contribution in [3.63, 3.8) is 0 Å². The topological polar surface area (TPSA) is 58.7 Å². The van der Waals surface area contributed by atoms with E-state index in [4.69, 9.17) is 0 Å². The summed E-state index contributed by atoms with van der Waals surface area (Å²) < 4.78 is 0. The van der Waals surface area contributed by atoms with Gasteiger partial charge < -0.3 is 0 Å². The van der Waals surface area contributed by atoms with Gasteiger partial charge in [0.05, 0.1) is 4.92 Å². The van der Waals surface area contributed by atoms with Crippen LogP contribution in [0, 0.1) is 10.1 Å². The van der Waals surface area contributed by atoms with Gasteiger partial charge in [0.1, 0.15) is 6.20 Å². The predicted molar refractivity (Wildman–Crippen MR) is 66.5 cm³/mol. The first-order valence-electron chi connectivity index (χ1n) is 5.86. The Labute approximate surface area is 101 Å². The summed E-state index contributed by atoms with van der Waals surface area (Å²) in [7, 11) is 2.11. The highest BCUT2D eigenvalue weighted by molar-refractivity contribution is 5.30. The number of piperidine rings is 1. The van der Waals surface area contributed by atoms with E-state index in [1.807, 2.05) is 0 Å². The molecule has 0 aromatic carbocycles. The molecule has 0 amide bonds. The summed E-state index contributed by atoms with van der Waals surface area (Å²) in [6, 6.07) is 1.04. The lowest BCUT2D eigenvalue weighted by Gasteiger charge is -2.33. The Morgan fingerprint density at radius 2 is 2.35 bits per heavy atom. The zero-order valence-corrected chi connectivity index (χ0v) is 10.0. The van der Waals surface area contributed by atoms with Crippen LogP contribution in [-0.2, 0) is 0 Å². The number of likely N-dealkylation sites (N-methyl/N-ethyl adjacent to an activating group) is 1. The maximum atomic E-state index is 10.8. The van der Waals surface area contributed by atoms with Gasteiger partial charge in [0, 0.05) is 18.2 Å². The van der Waals surface area contributed by atoms with Gasteiger partial charge in [-0.1, -0.05) is 0 Å². The molecule has 0 aliphatic carbocycles. The Morgan fingerprint density at radius 3 is 3.00 bits per heavy atom. The molecule has 0 radical (unpaired) electrons. The van der Waals surface area contributed by atoms with E-state index in [-0.39, 0.29) is 5.70 Å². The first-order chi connectivity index (χ1) is 8.13. The molecule has 0 spiro atoms. The van der Waals surface area contributed by atoms with Crippen molar-refractivity contribution >= 4 is 6.72 Å². The van der Waals surface area contributed by atoms with E-state index in [0.29, 0.717) is 12.1 Å². The Kier molecular flexibility index (Phi) is 3.38. The molecule has 2 bridgehead atoms. The number of nitro groups is 1. The number of rotatable bonds is 3. The van der Waals surface area contributed by atoms with Crippen LogP contribution in [0.2, 0.25) is 0 Å². The molecule has 5 nitrogen and oxygen atoms in total. The van der Waals surface area contributed by atoms with Crippen LogP contribution in [0.5, 0.6) is 0 Å². The number of fused-ring (bicyclic) bond motifs is 2. The first-order valence-corrected chi connectivity index (χ1v) is 5.86. The van der Waals surface area contributed by atoms with Gasteiger partial charge >= 0.3 is 0 Å². The number of hydrogen-bond donors (Lipinski definition) is 0. The molecule has 17 heavy (non-hydrogen) atoms. The van der Waals surface area contributed by atoms with Crippen LogP contribution in [0.3, 0.4) is 0 Å².